The van der Waals surface area contributed by atoms with Gasteiger partial charge in [0.2, 0.25) is 6.79 Å². The molecule has 0 fully saturated rings. The Hall–Kier alpha value is -3.03. The molecule has 2 aromatic rings. The molecule has 1 aliphatic heterocycles. The topological polar surface area (TPSA) is 91.6 Å². The molecule has 3 rings (SSSR count). The molecule has 0 radical (unpaired) electrons. The Bertz CT molecular complexity index is 881. The van der Waals surface area contributed by atoms with Crippen LogP contribution in [-0.4, -0.2) is 21.8 Å². The van der Waals surface area contributed by atoms with E-state index in [-0.39, 0.29) is 12.5 Å². The van der Waals surface area contributed by atoms with E-state index in [4.69, 9.17) is 9.47 Å². The van der Waals surface area contributed by atoms with Crippen LogP contribution in [0.15, 0.2) is 33.9 Å². The Morgan fingerprint density at radius 1 is 1.09 bits per heavy atom. The van der Waals surface area contributed by atoms with Crippen molar-refractivity contribution in [1.29, 1.82) is 0 Å². The lowest BCUT2D eigenvalue weighted by Crippen LogP contribution is -2.40. The van der Waals surface area contributed by atoms with Crippen molar-refractivity contribution in [2.24, 2.45) is 14.1 Å². The van der Waals surface area contributed by atoms with Crippen LogP contribution in [0.3, 0.4) is 0 Å². The molecule has 22 heavy (non-hydrogen) atoms. The summed E-state index contributed by atoms with van der Waals surface area (Å²) in [5.74, 6) is 0.561. The second kappa shape index (κ2) is 5.06. The van der Waals surface area contributed by atoms with Gasteiger partial charge in [-0.3, -0.25) is 18.7 Å². The molecule has 0 atom stereocenters. The fourth-order valence-corrected chi connectivity index (χ4v) is 2.12. The van der Waals surface area contributed by atoms with Gasteiger partial charge >= 0.3 is 5.69 Å². The molecule has 1 amide bonds. The fraction of sp³-hybridized carbons (Fsp3) is 0.214. The van der Waals surface area contributed by atoms with Gasteiger partial charge in [0.1, 0.15) is 5.69 Å². The van der Waals surface area contributed by atoms with Gasteiger partial charge in [-0.25, -0.2) is 4.79 Å². The molecule has 2 heterocycles. The number of hydrogen-bond donors (Lipinski definition) is 1. The van der Waals surface area contributed by atoms with E-state index in [0.717, 1.165) is 15.2 Å². The Morgan fingerprint density at radius 3 is 2.59 bits per heavy atom. The van der Waals surface area contributed by atoms with Gasteiger partial charge in [-0.2, -0.15) is 0 Å². The summed E-state index contributed by atoms with van der Waals surface area (Å²) in [6.45, 7) is 0.135. The van der Waals surface area contributed by atoms with Crippen molar-refractivity contribution in [2.45, 2.75) is 0 Å². The number of anilines is 1. The molecule has 0 saturated heterocycles. The maximum Gasteiger partial charge on any atom is 0.331 e. The largest absolute Gasteiger partial charge is 0.454 e. The van der Waals surface area contributed by atoms with Crippen molar-refractivity contribution in [3.05, 3.63) is 50.8 Å². The molecule has 1 N–H and O–H groups in total. The molecule has 0 saturated carbocycles. The summed E-state index contributed by atoms with van der Waals surface area (Å²) in [7, 11) is 2.78. The van der Waals surface area contributed by atoms with Crippen LogP contribution in [0.4, 0.5) is 5.69 Å². The third kappa shape index (κ3) is 2.24. The lowest BCUT2D eigenvalue weighted by atomic mass is 10.2. The molecule has 0 bridgehead atoms. The minimum absolute atomic E-state index is 0.0224. The minimum Gasteiger partial charge on any atom is -0.454 e. The molecule has 1 aliphatic rings. The van der Waals surface area contributed by atoms with E-state index >= 15 is 0 Å². The minimum atomic E-state index is -0.566. The van der Waals surface area contributed by atoms with E-state index in [2.05, 4.69) is 5.32 Å². The van der Waals surface area contributed by atoms with Crippen molar-refractivity contribution >= 4 is 11.6 Å². The number of carbonyl (C=O) groups excluding carboxylic acids is 1. The van der Waals surface area contributed by atoms with Gasteiger partial charge in [0.05, 0.1) is 0 Å². The number of rotatable bonds is 2. The lowest BCUT2D eigenvalue weighted by Gasteiger charge is -2.10. The summed E-state index contributed by atoms with van der Waals surface area (Å²) in [5.41, 5.74) is -0.657. The molecule has 114 valence electrons. The van der Waals surface area contributed by atoms with Crippen LogP contribution in [0.1, 0.15) is 10.5 Å². The van der Waals surface area contributed by atoms with Gasteiger partial charge in [0.15, 0.2) is 11.5 Å². The quantitative estimate of drug-likeness (QED) is 0.847. The smallest absolute Gasteiger partial charge is 0.331 e. The number of nitrogens with one attached hydrogen (secondary N) is 1. The standard InChI is InChI=1S/C14H13N3O5/c1-16-9(6-12(18)17(2)14(16)20)13(19)15-8-3-4-10-11(5-8)22-7-21-10/h3-6H,7H2,1-2H3,(H,15,19). The van der Waals surface area contributed by atoms with E-state index in [9.17, 15) is 14.4 Å². The number of hydrogen-bond acceptors (Lipinski definition) is 5. The summed E-state index contributed by atoms with van der Waals surface area (Å²) in [6, 6.07) is 6.04. The Morgan fingerprint density at radius 2 is 1.82 bits per heavy atom. The molecule has 0 spiro atoms. The van der Waals surface area contributed by atoms with E-state index in [0.29, 0.717) is 17.2 Å². The summed E-state index contributed by atoms with van der Waals surface area (Å²) in [4.78, 5) is 35.7. The van der Waals surface area contributed by atoms with Crippen LogP contribution in [0.5, 0.6) is 11.5 Å². The Labute approximate surface area is 124 Å². The van der Waals surface area contributed by atoms with Gasteiger partial charge < -0.3 is 14.8 Å². The summed E-state index contributed by atoms with van der Waals surface area (Å²) in [5, 5.41) is 2.62. The first-order valence-corrected chi connectivity index (χ1v) is 6.45. The third-order valence-corrected chi connectivity index (χ3v) is 3.39. The zero-order valence-electron chi connectivity index (χ0n) is 12.0. The SMILES string of the molecule is Cn1c(C(=O)Nc2ccc3c(c2)OCO3)cc(=O)n(C)c1=O. The first kappa shape index (κ1) is 13.9. The van der Waals surface area contributed by atoms with Crippen LogP contribution in [0.25, 0.3) is 0 Å². The van der Waals surface area contributed by atoms with Crippen LogP contribution in [0, 0.1) is 0 Å². The number of aromatic nitrogens is 2. The number of fused-ring (bicyclic) bond motifs is 1. The number of amides is 1. The predicted molar refractivity (Wildman–Crippen MR) is 77.4 cm³/mol. The first-order chi connectivity index (χ1) is 10.5. The molecule has 1 aromatic carbocycles. The molecular weight excluding hydrogens is 290 g/mol. The van der Waals surface area contributed by atoms with Gasteiger partial charge in [-0.15, -0.1) is 0 Å². The molecule has 0 unspecified atom stereocenters. The average Bonchev–Trinajstić information content (AvgIpc) is 2.96. The van der Waals surface area contributed by atoms with Gasteiger partial charge in [0, 0.05) is 31.9 Å². The highest BCUT2D eigenvalue weighted by atomic mass is 16.7. The summed E-state index contributed by atoms with van der Waals surface area (Å²) < 4.78 is 12.4. The Balaban J connectivity index is 1.93. The molecule has 8 heteroatoms. The number of ether oxygens (including phenoxy) is 2. The van der Waals surface area contributed by atoms with E-state index in [1.54, 1.807) is 18.2 Å². The first-order valence-electron chi connectivity index (χ1n) is 6.45. The summed E-state index contributed by atoms with van der Waals surface area (Å²) in [6.07, 6.45) is 0. The molecule has 1 aromatic heterocycles. The summed E-state index contributed by atoms with van der Waals surface area (Å²) >= 11 is 0. The van der Waals surface area contributed by atoms with Gasteiger partial charge in [-0.05, 0) is 12.1 Å². The van der Waals surface area contributed by atoms with Gasteiger partial charge in [-0.1, -0.05) is 0 Å². The maximum absolute atomic E-state index is 12.3. The highest BCUT2D eigenvalue weighted by Crippen LogP contribution is 2.34. The van der Waals surface area contributed by atoms with Gasteiger partial charge in [0.25, 0.3) is 11.5 Å². The van der Waals surface area contributed by atoms with Crippen molar-refractivity contribution in [2.75, 3.05) is 12.1 Å². The number of carbonyl (C=O) groups is 1. The van der Waals surface area contributed by atoms with Crippen molar-refractivity contribution in [3.63, 3.8) is 0 Å². The van der Waals surface area contributed by atoms with Crippen LogP contribution in [-0.2, 0) is 14.1 Å². The third-order valence-electron chi connectivity index (χ3n) is 3.39. The number of benzene rings is 1. The van der Waals surface area contributed by atoms with Crippen molar-refractivity contribution in [1.82, 2.24) is 9.13 Å². The lowest BCUT2D eigenvalue weighted by molar-refractivity contribution is 0.101. The number of nitrogens with zero attached hydrogens (tertiary/aromatic N) is 2. The fourth-order valence-electron chi connectivity index (χ4n) is 2.12. The normalized spacial score (nSPS) is 12.3. The van der Waals surface area contributed by atoms with E-state index in [1.807, 2.05) is 0 Å². The van der Waals surface area contributed by atoms with E-state index < -0.39 is 17.2 Å². The second-order valence-electron chi connectivity index (χ2n) is 4.79. The van der Waals surface area contributed by atoms with Crippen LogP contribution in [0.2, 0.25) is 0 Å². The van der Waals surface area contributed by atoms with Crippen LogP contribution >= 0.6 is 0 Å². The molecule has 0 aliphatic carbocycles. The van der Waals surface area contributed by atoms with Crippen LogP contribution < -0.4 is 26.0 Å². The Kier molecular flexibility index (Phi) is 3.21. The maximum atomic E-state index is 12.3. The van der Waals surface area contributed by atoms with Crippen molar-refractivity contribution < 1.29 is 14.3 Å². The average molecular weight is 303 g/mol. The zero-order valence-corrected chi connectivity index (χ0v) is 12.0. The predicted octanol–water partition coefficient (Wildman–Crippen LogP) is 0.0650. The van der Waals surface area contributed by atoms with E-state index in [1.165, 1.54) is 14.1 Å². The molecule has 8 nitrogen and oxygen atoms in total. The highest BCUT2D eigenvalue weighted by molar-refractivity contribution is 6.03. The molecular formula is C14H13N3O5. The highest BCUT2D eigenvalue weighted by Gasteiger charge is 2.17. The zero-order chi connectivity index (χ0) is 15.9. The second-order valence-corrected chi connectivity index (χ2v) is 4.79. The monoisotopic (exact) mass is 303 g/mol. The van der Waals surface area contributed by atoms with Crippen molar-refractivity contribution in [3.8, 4) is 11.5 Å².